The number of anilines is 1. The van der Waals surface area contributed by atoms with Crippen LogP contribution in [0.3, 0.4) is 0 Å². The summed E-state index contributed by atoms with van der Waals surface area (Å²) in [6, 6.07) is 6.47. The van der Waals surface area contributed by atoms with Crippen molar-refractivity contribution < 1.29 is 18.7 Å². The Morgan fingerprint density at radius 2 is 1.94 bits per heavy atom. The smallest absolute Gasteiger partial charge is 0.242 e. The lowest BCUT2D eigenvalue weighted by Gasteiger charge is -2.35. The molecule has 0 unspecified atom stereocenters. The summed E-state index contributed by atoms with van der Waals surface area (Å²) >= 11 is 0. The molecule has 2 aliphatic rings. The maximum absolute atomic E-state index is 14.5. The van der Waals surface area contributed by atoms with E-state index in [2.05, 4.69) is 20.2 Å². The summed E-state index contributed by atoms with van der Waals surface area (Å²) in [5, 5.41) is 3.19. The second kappa shape index (κ2) is 9.19. The van der Waals surface area contributed by atoms with Crippen LogP contribution in [0.25, 0.3) is 16.9 Å². The highest BCUT2D eigenvalue weighted by molar-refractivity contribution is 5.84. The minimum atomic E-state index is -0.371. The third-order valence-corrected chi connectivity index (χ3v) is 5.79. The first-order valence-corrected chi connectivity index (χ1v) is 10.7. The van der Waals surface area contributed by atoms with Gasteiger partial charge in [-0.15, -0.1) is 0 Å². The second-order valence-corrected chi connectivity index (χ2v) is 7.80. The minimum absolute atomic E-state index is 0.0125. The lowest BCUT2D eigenvalue weighted by atomic mass is 10.1. The van der Waals surface area contributed by atoms with Gasteiger partial charge in [-0.2, -0.15) is 0 Å². The van der Waals surface area contributed by atoms with E-state index in [9.17, 15) is 9.18 Å². The van der Waals surface area contributed by atoms with Crippen LogP contribution in [0.15, 0.2) is 42.9 Å². The van der Waals surface area contributed by atoms with Crippen molar-refractivity contribution in [1.29, 1.82) is 0 Å². The van der Waals surface area contributed by atoms with Crippen LogP contribution in [0, 0.1) is 5.82 Å². The summed E-state index contributed by atoms with van der Waals surface area (Å²) < 4.78 is 27.3. The molecule has 2 aliphatic heterocycles. The molecule has 2 aromatic heterocycles. The number of nitrogens with zero attached hydrogens (tertiary/aromatic N) is 5. The molecule has 9 nitrogen and oxygen atoms in total. The standard InChI is InChI=1S/C22H25FN6O3/c23-17-4-2-1-3-16(17)21-22(29-6-5-24-13-18(29)26-21)25-14-19(30)28-9-7-27(8-10-28)15-20-31-11-12-32-20/h1-6,13,20,25H,7-12,14-15H2. The van der Waals surface area contributed by atoms with Crippen LogP contribution in [0.5, 0.6) is 0 Å². The molecule has 2 saturated heterocycles. The number of nitrogens with one attached hydrogen (secondary N) is 1. The summed E-state index contributed by atoms with van der Waals surface area (Å²) in [7, 11) is 0. The SMILES string of the molecule is O=C(CNc1c(-c2ccccc2F)nc2cnccn12)N1CCN(CC2OCCO2)CC1. The van der Waals surface area contributed by atoms with Crippen molar-refractivity contribution in [3.8, 4) is 11.3 Å². The third kappa shape index (κ3) is 4.29. The summed E-state index contributed by atoms with van der Waals surface area (Å²) in [6.45, 7) is 4.93. The maximum atomic E-state index is 14.5. The van der Waals surface area contributed by atoms with Gasteiger partial charge in [-0.25, -0.2) is 9.37 Å². The topological polar surface area (TPSA) is 84.2 Å². The molecule has 10 heteroatoms. The molecular formula is C22H25FN6O3. The van der Waals surface area contributed by atoms with Crippen molar-refractivity contribution in [1.82, 2.24) is 24.2 Å². The molecule has 1 N–H and O–H groups in total. The van der Waals surface area contributed by atoms with Crippen LogP contribution in [-0.4, -0.2) is 88.8 Å². The van der Waals surface area contributed by atoms with Gasteiger partial charge >= 0.3 is 0 Å². The van der Waals surface area contributed by atoms with Crippen LogP contribution in [0.1, 0.15) is 0 Å². The van der Waals surface area contributed by atoms with E-state index in [-0.39, 0.29) is 24.6 Å². The van der Waals surface area contributed by atoms with E-state index in [1.807, 2.05) is 4.90 Å². The average Bonchev–Trinajstić information content (AvgIpc) is 3.46. The van der Waals surface area contributed by atoms with Crippen molar-refractivity contribution >= 4 is 17.4 Å². The van der Waals surface area contributed by atoms with Crippen molar-refractivity contribution in [2.24, 2.45) is 0 Å². The van der Waals surface area contributed by atoms with Gasteiger partial charge < -0.3 is 19.7 Å². The molecule has 168 valence electrons. The fraction of sp³-hybridized carbons (Fsp3) is 0.409. The Balaban J connectivity index is 1.26. The van der Waals surface area contributed by atoms with Gasteiger partial charge in [-0.1, -0.05) is 12.1 Å². The van der Waals surface area contributed by atoms with Crippen molar-refractivity contribution in [2.45, 2.75) is 6.29 Å². The van der Waals surface area contributed by atoms with E-state index in [0.717, 1.165) is 19.6 Å². The fourth-order valence-electron chi connectivity index (χ4n) is 4.09. The number of imidazole rings is 1. The van der Waals surface area contributed by atoms with Crippen LogP contribution in [-0.2, 0) is 14.3 Å². The van der Waals surface area contributed by atoms with E-state index >= 15 is 0 Å². The molecule has 0 radical (unpaired) electrons. The zero-order chi connectivity index (χ0) is 21.9. The van der Waals surface area contributed by atoms with Crippen LogP contribution < -0.4 is 5.32 Å². The number of amides is 1. The minimum Gasteiger partial charge on any atom is -0.360 e. The zero-order valence-electron chi connectivity index (χ0n) is 17.6. The molecule has 0 aliphatic carbocycles. The second-order valence-electron chi connectivity index (χ2n) is 7.80. The number of ether oxygens (including phenoxy) is 2. The molecule has 32 heavy (non-hydrogen) atoms. The van der Waals surface area contributed by atoms with Gasteiger partial charge in [-0.05, 0) is 12.1 Å². The van der Waals surface area contributed by atoms with Gasteiger partial charge in [0.2, 0.25) is 5.91 Å². The molecule has 0 atom stereocenters. The molecule has 4 heterocycles. The molecule has 1 aromatic carbocycles. The normalized spacial score (nSPS) is 17.8. The predicted molar refractivity (Wildman–Crippen MR) is 116 cm³/mol. The molecule has 0 saturated carbocycles. The fourth-order valence-corrected chi connectivity index (χ4v) is 4.09. The molecule has 3 aromatic rings. The largest absolute Gasteiger partial charge is 0.360 e. The number of piperazine rings is 1. The predicted octanol–water partition coefficient (Wildman–Crippen LogP) is 1.46. The van der Waals surface area contributed by atoms with Crippen LogP contribution in [0.2, 0.25) is 0 Å². The lowest BCUT2D eigenvalue weighted by molar-refractivity contribution is -0.131. The Kier molecular flexibility index (Phi) is 5.97. The summed E-state index contributed by atoms with van der Waals surface area (Å²) in [5.74, 6) is 0.182. The van der Waals surface area contributed by atoms with E-state index in [0.29, 0.717) is 49.0 Å². The highest BCUT2D eigenvalue weighted by Crippen LogP contribution is 2.30. The van der Waals surface area contributed by atoms with Gasteiger partial charge in [0.1, 0.15) is 17.3 Å². The zero-order valence-corrected chi connectivity index (χ0v) is 17.6. The summed E-state index contributed by atoms with van der Waals surface area (Å²) in [4.78, 5) is 25.6. The number of carbonyl (C=O) groups excluding carboxylic acids is 1. The lowest BCUT2D eigenvalue weighted by Crippen LogP contribution is -2.51. The van der Waals surface area contributed by atoms with Crippen molar-refractivity contribution in [3.05, 3.63) is 48.7 Å². The van der Waals surface area contributed by atoms with Crippen molar-refractivity contribution in [2.75, 3.05) is 57.8 Å². The highest BCUT2D eigenvalue weighted by atomic mass is 19.1. The summed E-state index contributed by atoms with van der Waals surface area (Å²) in [6.07, 6.45) is 4.81. The number of aromatic nitrogens is 3. The van der Waals surface area contributed by atoms with E-state index < -0.39 is 0 Å². The van der Waals surface area contributed by atoms with Crippen LogP contribution in [0.4, 0.5) is 10.2 Å². The number of hydrogen-bond acceptors (Lipinski definition) is 7. The Labute approximate surface area is 184 Å². The van der Waals surface area contributed by atoms with Gasteiger partial charge in [0.25, 0.3) is 0 Å². The molecule has 5 rings (SSSR count). The first kappa shape index (κ1) is 20.8. The Hall–Kier alpha value is -3.08. The van der Waals surface area contributed by atoms with Gasteiger partial charge in [-0.3, -0.25) is 19.1 Å². The van der Waals surface area contributed by atoms with Gasteiger partial charge in [0.15, 0.2) is 11.9 Å². The number of carbonyl (C=O) groups is 1. The Morgan fingerprint density at radius 1 is 1.16 bits per heavy atom. The number of benzene rings is 1. The number of halogens is 1. The van der Waals surface area contributed by atoms with E-state index in [1.165, 1.54) is 6.07 Å². The molecular weight excluding hydrogens is 415 g/mol. The highest BCUT2D eigenvalue weighted by Gasteiger charge is 2.26. The Bertz CT molecular complexity index is 1090. The van der Waals surface area contributed by atoms with Gasteiger partial charge in [0, 0.05) is 50.7 Å². The number of fused-ring (bicyclic) bond motifs is 1. The monoisotopic (exact) mass is 440 g/mol. The first-order valence-electron chi connectivity index (χ1n) is 10.7. The van der Waals surface area contributed by atoms with Crippen LogP contribution >= 0.6 is 0 Å². The number of hydrogen-bond donors (Lipinski definition) is 1. The Morgan fingerprint density at radius 3 is 2.72 bits per heavy atom. The van der Waals surface area contributed by atoms with E-state index in [4.69, 9.17) is 9.47 Å². The van der Waals surface area contributed by atoms with Crippen molar-refractivity contribution in [3.63, 3.8) is 0 Å². The quantitative estimate of drug-likeness (QED) is 0.621. The molecule has 0 bridgehead atoms. The average molecular weight is 440 g/mol. The summed E-state index contributed by atoms with van der Waals surface area (Å²) in [5.41, 5.74) is 1.40. The molecule has 0 spiro atoms. The maximum Gasteiger partial charge on any atom is 0.242 e. The van der Waals surface area contributed by atoms with E-state index in [1.54, 1.807) is 41.2 Å². The molecule has 1 amide bonds. The number of rotatable bonds is 6. The first-order chi connectivity index (χ1) is 15.7. The van der Waals surface area contributed by atoms with Gasteiger partial charge in [0.05, 0.1) is 26.0 Å². The third-order valence-electron chi connectivity index (χ3n) is 5.79. The molecule has 2 fully saturated rings.